The quantitative estimate of drug-likeness (QED) is 0.418. The van der Waals surface area contributed by atoms with Gasteiger partial charge in [-0.15, -0.1) is 10.2 Å². The van der Waals surface area contributed by atoms with Crippen molar-refractivity contribution >= 4 is 28.5 Å². The number of aromatic nitrogens is 5. The van der Waals surface area contributed by atoms with E-state index in [9.17, 15) is 4.79 Å². The van der Waals surface area contributed by atoms with Gasteiger partial charge in [-0.2, -0.15) is 5.10 Å². The van der Waals surface area contributed by atoms with Crippen molar-refractivity contribution < 1.29 is 9.21 Å². The fraction of sp³-hybridized carbons (Fsp3) is 0.348. The molecule has 3 aromatic heterocycles. The summed E-state index contributed by atoms with van der Waals surface area (Å²) in [5.74, 6) is 0.720. The van der Waals surface area contributed by atoms with Crippen LogP contribution in [0.25, 0.3) is 22.5 Å². The summed E-state index contributed by atoms with van der Waals surface area (Å²) in [5.41, 5.74) is 2.83. The largest absolute Gasteiger partial charge is 0.419 e. The van der Waals surface area contributed by atoms with E-state index in [1.807, 2.05) is 34.7 Å². The molecule has 0 bridgehead atoms. The second-order valence-corrected chi connectivity index (χ2v) is 8.83. The van der Waals surface area contributed by atoms with Crippen molar-refractivity contribution in [2.45, 2.75) is 52.2 Å². The number of carbonyl (C=O) groups excluding carboxylic acids is 1. The number of rotatable bonds is 6. The van der Waals surface area contributed by atoms with Gasteiger partial charge in [0.15, 0.2) is 5.65 Å². The van der Waals surface area contributed by atoms with Gasteiger partial charge in [-0.3, -0.25) is 4.79 Å². The van der Waals surface area contributed by atoms with Crippen LogP contribution >= 0.6 is 11.6 Å². The molecule has 32 heavy (non-hydrogen) atoms. The van der Waals surface area contributed by atoms with E-state index in [-0.39, 0.29) is 24.5 Å². The van der Waals surface area contributed by atoms with Gasteiger partial charge in [-0.25, -0.2) is 9.67 Å². The summed E-state index contributed by atoms with van der Waals surface area (Å²) in [4.78, 5) is 20.0. The monoisotopic (exact) mass is 450 g/mol. The van der Waals surface area contributed by atoms with Crippen molar-refractivity contribution in [1.82, 2.24) is 29.9 Å². The topological polar surface area (TPSA) is 89.9 Å². The lowest BCUT2D eigenvalue weighted by Crippen LogP contribution is -2.33. The van der Waals surface area contributed by atoms with E-state index in [1.165, 1.54) is 0 Å². The molecule has 1 saturated carbocycles. The highest BCUT2D eigenvalue weighted by Gasteiger charge is 2.35. The summed E-state index contributed by atoms with van der Waals surface area (Å²) < 4.78 is 7.71. The van der Waals surface area contributed by atoms with E-state index in [4.69, 9.17) is 16.0 Å². The number of benzene rings is 1. The van der Waals surface area contributed by atoms with Gasteiger partial charge < -0.3 is 9.32 Å². The molecule has 0 atom stereocenters. The molecule has 0 N–H and O–H groups in total. The number of halogens is 1. The van der Waals surface area contributed by atoms with Crippen LogP contribution < -0.4 is 0 Å². The van der Waals surface area contributed by atoms with E-state index < -0.39 is 0 Å². The first kappa shape index (κ1) is 20.6. The van der Waals surface area contributed by atoms with Gasteiger partial charge >= 0.3 is 0 Å². The fourth-order valence-electron chi connectivity index (χ4n) is 3.74. The van der Waals surface area contributed by atoms with Gasteiger partial charge in [0.1, 0.15) is 0 Å². The van der Waals surface area contributed by atoms with E-state index in [0.717, 1.165) is 29.4 Å². The summed E-state index contributed by atoms with van der Waals surface area (Å²) in [6, 6.07) is 9.44. The minimum absolute atomic E-state index is 0.0806. The van der Waals surface area contributed by atoms with Crippen molar-refractivity contribution in [2.75, 3.05) is 0 Å². The Morgan fingerprint density at radius 1 is 1.25 bits per heavy atom. The highest BCUT2D eigenvalue weighted by Crippen LogP contribution is 2.31. The van der Waals surface area contributed by atoms with Gasteiger partial charge in [-0.05, 0) is 63.9 Å². The van der Waals surface area contributed by atoms with Gasteiger partial charge in [-0.1, -0.05) is 11.6 Å². The van der Waals surface area contributed by atoms with Crippen molar-refractivity contribution in [2.24, 2.45) is 0 Å². The number of aryl methyl sites for hydroxylation is 1. The minimum Gasteiger partial charge on any atom is -0.419 e. The molecule has 8 nitrogen and oxygen atoms in total. The summed E-state index contributed by atoms with van der Waals surface area (Å²) >= 11 is 5.95. The maximum atomic E-state index is 13.5. The molecule has 1 amide bonds. The molecule has 4 aromatic rings. The van der Waals surface area contributed by atoms with Crippen molar-refractivity contribution in [1.29, 1.82) is 0 Å². The number of hydrogen-bond acceptors (Lipinski definition) is 6. The highest BCUT2D eigenvalue weighted by atomic mass is 35.5. The summed E-state index contributed by atoms with van der Waals surface area (Å²) in [7, 11) is 0. The van der Waals surface area contributed by atoms with E-state index >= 15 is 0 Å². The molecule has 1 aromatic carbocycles. The Hall–Kier alpha value is -3.26. The first-order chi connectivity index (χ1) is 15.4. The predicted molar refractivity (Wildman–Crippen MR) is 120 cm³/mol. The Labute approximate surface area is 190 Å². The Morgan fingerprint density at radius 2 is 2.00 bits per heavy atom. The number of pyridine rings is 1. The lowest BCUT2D eigenvalue weighted by atomic mass is 10.1. The van der Waals surface area contributed by atoms with E-state index in [2.05, 4.69) is 34.1 Å². The Balaban J connectivity index is 1.42. The van der Waals surface area contributed by atoms with Gasteiger partial charge in [0.2, 0.25) is 11.8 Å². The minimum atomic E-state index is -0.0806. The van der Waals surface area contributed by atoms with Crippen LogP contribution in [0.15, 0.2) is 40.9 Å². The SMILES string of the molecule is Cc1nc2c(cnn2C(C)C)cc1C(=O)N(Cc1nnc(-c2ccc(Cl)cc2)o1)C1CC1. The number of fused-ring (bicyclic) bond motifs is 1. The molecule has 0 saturated heterocycles. The number of hydrogen-bond donors (Lipinski definition) is 0. The second kappa shape index (κ2) is 8.02. The maximum Gasteiger partial charge on any atom is 0.256 e. The van der Waals surface area contributed by atoms with Gasteiger partial charge in [0.25, 0.3) is 5.91 Å². The Bertz CT molecular complexity index is 1290. The zero-order chi connectivity index (χ0) is 22.4. The molecule has 5 rings (SSSR count). The average molecular weight is 451 g/mol. The lowest BCUT2D eigenvalue weighted by molar-refractivity contribution is 0.0713. The Kier molecular flexibility index (Phi) is 5.17. The third kappa shape index (κ3) is 3.86. The smallest absolute Gasteiger partial charge is 0.256 e. The highest BCUT2D eigenvalue weighted by molar-refractivity contribution is 6.30. The Morgan fingerprint density at radius 3 is 2.69 bits per heavy atom. The zero-order valence-electron chi connectivity index (χ0n) is 18.1. The molecular formula is C23H23ClN6O2. The summed E-state index contributed by atoms with van der Waals surface area (Å²) in [6.07, 6.45) is 3.68. The second-order valence-electron chi connectivity index (χ2n) is 8.39. The first-order valence-electron chi connectivity index (χ1n) is 10.6. The molecule has 0 aliphatic heterocycles. The normalized spacial score (nSPS) is 13.8. The van der Waals surface area contributed by atoms with Crippen molar-refractivity contribution in [3.05, 3.63) is 58.7 Å². The van der Waals surface area contributed by atoms with Gasteiger partial charge in [0.05, 0.1) is 24.0 Å². The predicted octanol–water partition coefficient (Wildman–Crippen LogP) is 4.83. The van der Waals surface area contributed by atoms with Crippen LogP contribution in [0.1, 0.15) is 54.7 Å². The maximum absolute atomic E-state index is 13.5. The van der Waals surface area contributed by atoms with Crippen LogP contribution in [0.3, 0.4) is 0 Å². The first-order valence-corrected chi connectivity index (χ1v) is 11.0. The summed E-state index contributed by atoms with van der Waals surface area (Å²) in [5, 5.41) is 14.2. The fourth-order valence-corrected chi connectivity index (χ4v) is 3.87. The third-order valence-electron chi connectivity index (χ3n) is 5.59. The molecular weight excluding hydrogens is 428 g/mol. The third-order valence-corrected chi connectivity index (χ3v) is 5.84. The van der Waals surface area contributed by atoms with Crippen LogP contribution in [0.2, 0.25) is 5.02 Å². The molecule has 0 radical (unpaired) electrons. The van der Waals surface area contributed by atoms with Crippen LogP contribution in [0.5, 0.6) is 0 Å². The molecule has 1 aliphatic carbocycles. The van der Waals surface area contributed by atoms with Crippen molar-refractivity contribution in [3.8, 4) is 11.5 Å². The van der Waals surface area contributed by atoms with Crippen LogP contribution in [-0.2, 0) is 6.54 Å². The van der Waals surface area contributed by atoms with Crippen LogP contribution in [0.4, 0.5) is 0 Å². The summed E-state index contributed by atoms with van der Waals surface area (Å²) in [6.45, 7) is 6.23. The van der Waals surface area contributed by atoms with Crippen LogP contribution in [-0.4, -0.2) is 41.8 Å². The molecule has 9 heteroatoms. The van der Waals surface area contributed by atoms with E-state index in [1.54, 1.807) is 18.3 Å². The average Bonchev–Trinajstić information content (AvgIpc) is 3.35. The number of carbonyl (C=O) groups is 1. The van der Waals surface area contributed by atoms with Crippen LogP contribution in [0, 0.1) is 6.92 Å². The molecule has 0 spiro atoms. The standard InChI is InChI=1S/C23H23ClN6O2/c1-13(2)30-21-16(11-25-30)10-19(14(3)26-21)23(31)29(18-8-9-18)12-20-27-28-22(32-20)15-4-6-17(24)7-5-15/h4-7,10-11,13,18H,8-9,12H2,1-3H3. The molecule has 164 valence electrons. The molecule has 3 heterocycles. The van der Waals surface area contributed by atoms with Crippen molar-refractivity contribution in [3.63, 3.8) is 0 Å². The van der Waals surface area contributed by atoms with E-state index in [0.29, 0.717) is 28.1 Å². The number of nitrogens with zero attached hydrogens (tertiary/aromatic N) is 6. The molecule has 1 aliphatic rings. The number of amides is 1. The van der Waals surface area contributed by atoms with Gasteiger partial charge in [0, 0.05) is 28.1 Å². The molecule has 0 unspecified atom stereocenters. The lowest BCUT2D eigenvalue weighted by Gasteiger charge is -2.21. The zero-order valence-corrected chi connectivity index (χ0v) is 18.9. The molecule has 1 fully saturated rings.